The third-order valence-corrected chi connectivity index (χ3v) is 5.12. The molecule has 0 aliphatic carbocycles. The van der Waals surface area contributed by atoms with Gasteiger partial charge in [-0.2, -0.15) is 0 Å². The number of hydrogen-bond acceptors (Lipinski definition) is 5. The molecule has 1 heterocycles. The van der Waals surface area contributed by atoms with Gasteiger partial charge in [0.2, 0.25) is 5.91 Å². The molecule has 0 saturated heterocycles. The Hall–Kier alpha value is -2.60. The maximum absolute atomic E-state index is 13.3. The van der Waals surface area contributed by atoms with Crippen LogP contribution in [-0.4, -0.2) is 54.0 Å². The number of hydrogen-bond donors (Lipinski definition) is 0. The van der Waals surface area contributed by atoms with E-state index in [2.05, 4.69) is 26.0 Å². The molecular weight excluding hydrogens is 392 g/mol. The number of rotatable bonds is 12. The van der Waals surface area contributed by atoms with Gasteiger partial charge in [-0.3, -0.25) is 14.5 Å². The highest BCUT2D eigenvalue weighted by Crippen LogP contribution is 2.13. The van der Waals surface area contributed by atoms with Crippen LogP contribution in [0.2, 0.25) is 0 Å². The summed E-state index contributed by atoms with van der Waals surface area (Å²) in [5, 5.41) is 0. The first-order valence-corrected chi connectivity index (χ1v) is 11.1. The summed E-state index contributed by atoms with van der Waals surface area (Å²) in [5.41, 5.74) is 1.18. The maximum atomic E-state index is 13.3. The molecule has 0 bridgehead atoms. The van der Waals surface area contributed by atoms with Crippen molar-refractivity contribution in [1.82, 2.24) is 9.80 Å². The fraction of sp³-hybridized carbons (Fsp3) is 0.520. The first-order valence-electron chi connectivity index (χ1n) is 11.1. The van der Waals surface area contributed by atoms with Gasteiger partial charge in [-0.05, 0) is 50.8 Å². The van der Waals surface area contributed by atoms with E-state index in [1.165, 1.54) is 5.56 Å². The van der Waals surface area contributed by atoms with Gasteiger partial charge >= 0.3 is 5.97 Å². The van der Waals surface area contributed by atoms with E-state index < -0.39 is 6.04 Å². The quantitative estimate of drug-likeness (QED) is 0.477. The van der Waals surface area contributed by atoms with Gasteiger partial charge in [0.05, 0.1) is 19.7 Å². The van der Waals surface area contributed by atoms with Gasteiger partial charge in [-0.1, -0.05) is 44.2 Å². The van der Waals surface area contributed by atoms with E-state index in [1.807, 2.05) is 47.1 Å². The Bertz CT molecular complexity index is 816. The van der Waals surface area contributed by atoms with Crippen molar-refractivity contribution in [3.63, 3.8) is 0 Å². The molecule has 1 aromatic carbocycles. The molecular formula is C25H36N2O4. The van der Waals surface area contributed by atoms with Crippen molar-refractivity contribution in [3.8, 4) is 0 Å². The maximum Gasteiger partial charge on any atom is 0.323 e. The number of aryl methyl sites for hydroxylation is 1. The smallest absolute Gasteiger partial charge is 0.323 e. The SMILES string of the molecule is CCOC(=O)[C@H](C)N(CC(=O)N(CCc1ccccc1)Cc1ccc(C)o1)CC(C)C. The third-order valence-electron chi connectivity index (χ3n) is 5.12. The van der Waals surface area contributed by atoms with Crippen LogP contribution in [0.15, 0.2) is 46.9 Å². The van der Waals surface area contributed by atoms with Crippen molar-refractivity contribution in [2.75, 3.05) is 26.2 Å². The van der Waals surface area contributed by atoms with Crippen molar-refractivity contribution >= 4 is 11.9 Å². The van der Waals surface area contributed by atoms with Crippen molar-refractivity contribution in [3.05, 3.63) is 59.5 Å². The van der Waals surface area contributed by atoms with Crippen LogP contribution in [0.4, 0.5) is 0 Å². The van der Waals surface area contributed by atoms with Crippen molar-refractivity contribution in [2.24, 2.45) is 5.92 Å². The number of ether oxygens (including phenoxy) is 1. The summed E-state index contributed by atoms with van der Waals surface area (Å²) in [6.45, 7) is 11.7. The van der Waals surface area contributed by atoms with Gasteiger partial charge in [0.25, 0.3) is 0 Å². The Balaban J connectivity index is 2.14. The molecule has 0 aliphatic heterocycles. The predicted molar refractivity (Wildman–Crippen MR) is 122 cm³/mol. The van der Waals surface area contributed by atoms with E-state index in [0.29, 0.717) is 32.2 Å². The van der Waals surface area contributed by atoms with Crippen LogP contribution in [0.1, 0.15) is 44.8 Å². The highest BCUT2D eigenvalue weighted by molar-refractivity contribution is 5.80. The Labute approximate surface area is 186 Å². The molecule has 0 radical (unpaired) electrons. The number of esters is 1. The van der Waals surface area contributed by atoms with Gasteiger partial charge in [0.15, 0.2) is 0 Å². The summed E-state index contributed by atoms with van der Waals surface area (Å²) in [7, 11) is 0. The summed E-state index contributed by atoms with van der Waals surface area (Å²) in [6, 6.07) is 13.5. The number of furan rings is 1. The molecule has 170 valence electrons. The Morgan fingerprint density at radius 1 is 1.06 bits per heavy atom. The zero-order valence-electron chi connectivity index (χ0n) is 19.5. The second kappa shape index (κ2) is 12.3. The first-order chi connectivity index (χ1) is 14.8. The fourth-order valence-electron chi connectivity index (χ4n) is 3.47. The normalized spacial score (nSPS) is 12.2. The minimum atomic E-state index is -0.479. The average molecular weight is 429 g/mol. The molecule has 31 heavy (non-hydrogen) atoms. The second-order valence-corrected chi connectivity index (χ2v) is 8.31. The van der Waals surface area contributed by atoms with Gasteiger partial charge in [0, 0.05) is 13.1 Å². The molecule has 0 fully saturated rings. The fourth-order valence-corrected chi connectivity index (χ4v) is 3.47. The molecule has 0 aliphatic rings. The summed E-state index contributed by atoms with van der Waals surface area (Å²) >= 11 is 0. The van der Waals surface area contributed by atoms with Crippen molar-refractivity contribution in [1.29, 1.82) is 0 Å². The molecule has 0 saturated carbocycles. The van der Waals surface area contributed by atoms with Crippen LogP contribution >= 0.6 is 0 Å². The third kappa shape index (κ3) is 8.21. The lowest BCUT2D eigenvalue weighted by Gasteiger charge is -2.31. The molecule has 0 unspecified atom stereocenters. The van der Waals surface area contributed by atoms with Crippen LogP contribution in [-0.2, 0) is 27.3 Å². The van der Waals surface area contributed by atoms with Crippen LogP contribution in [0.25, 0.3) is 0 Å². The minimum absolute atomic E-state index is 0.0261. The summed E-state index contributed by atoms with van der Waals surface area (Å²) in [5.74, 6) is 1.57. The highest BCUT2D eigenvalue weighted by atomic mass is 16.5. The lowest BCUT2D eigenvalue weighted by molar-refractivity contribution is -0.150. The number of benzene rings is 1. The topological polar surface area (TPSA) is 63.0 Å². The van der Waals surface area contributed by atoms with Gasteiger partial charge in [0.1, 0.15) is 17.6 Å². The first kappa shape index (κ1) is 24.7. The standard InChI is InChI=1S/C25H36N2O4/c1-6-30-25(29)21(5)27(16-19(2)3)18-24(28)26(17-23-13-12-20(4)31-23)15-14-22-10-8-7-9-11-22/h7-13,19,21H,6,14-18H2,1-5H3/t21-/m0/s1. The number of carbonyl (C=O) groups excluding carboxylic acids is 2. The van der Waals surface area contributed by atoms with E-state index in [1.54, 1.807) is 13.8 Å². The van der Waals surface area contributed by atoms with E-state index in [4.69, 9.17) is 9.15 Å². The molecule has 2 aromatic rings. The largest absolute Gasteiger partial charge is 0.465 e. The van der Waals surface area contributed by atoms with Gasteiger partial charge in [-0.15, -0.1) is 0 Å². The van der Waals surface area contributed by atoms with Crippen molar-refractivity contribution < 1.29 is 18.7 Å². The number of carbonyl (C=O) groups is 2. The highest BCUT2D eigenvalue weighted by Gasteiger charge is 2.27. The van der Waals surface area contributed by atoms with Crippen LogP contribution in [0.5, 0.6) is 0 Å². The van der Waals surface area contributed by atoms with E-state index in [9.17, 15) is 9.59 Å². The summed E-state index contributed by atoms with van der Waals surface area (Å²) in [4.78, 5) is 29.4. The molecule has 6 heteroatoms. The monoisotopic (exact) mass is 428 g/mol. The molecule has 6 nitrogen and oxygen atoms in total. The van der Waals surface area contributed by atoms with E-state index in [-0.39, 0.29) is 18.4 Å². The van der Waals surface area contributed by atoms with E-state index >= 15 is 0 Å². The second-order valence-electron chi connectivity index (χ2n) is 8.31. The lowest BCUT2D eigenvalue weighted by atomic mass is 10.1. The minimum Gasteiger partial charge on any atom is -0.465 e. The average Bonchev–Trinajstić information content (AvgIpc) is 3.15. The van der Waals surface area contributed by atoms with Gasteiger partial charge in [-0.25, -0.2) is 0 Å². The zero-order chi connectivity index (χ0) is 22.8. The van der Waals surface area contributed by atoms with Crippen molar-refractivity contribution in [2.45, 2.75) is 53.6 Å². The van der Waals surface area contributed by atoms with Gasteiger partial charge < -0.3 is 14.1 Å². The summed E-state index contributed by atoms with van der Waals surface area (Å²) < 4.78 is 10.9. The van der Waals surface area contributed by atoms with Crippen LogP contribution in [0, 0.1) is 12.8 Å². The number of nitrogens with zero attached hydrogens (tertiary/aromatic N) is 2. The molecule has 1 aromatic heterocycles. The van der Waals surface area contributed by atoms with E-state index in [0.717, 1.165) is 17.9 Å². The molecule has 0 N–H and O–H groups in total. The molecule has 1 amide bonds. The zero-order valence-corrected chi connectivity index (χ0v) is 19.5. The van der Waals surface area contributed by atoms with Crippen LogP contribution < -0.4 is 0 Å². The molecule has 0 spiro atoms. The Kier molecular flexibility index (Phi) is 9.79. The molecule has 2 rings (SSSR count). The summed E-state index contributed by atoms with van der Waals surface area (Å²) in [6.07, 6.45) is 0.754. The molecule has 1 atom stereocenters. The number of amides is 1. The lowest BCUT2D eigenvalue weighted by Crippen LogP contribution is -2.48. The Morgan fingerprint density at radius 2 is 1.77 bits per heavy atom. The Morgan fingerprint density at radius 3 is 2.35 bits per heavy atom. The predicted octanol–water partition coefficient (Wildman–Crippen LogP) is 4.07. The van der Waals surface area contributed by atoms with Crippen LogP contribution in [0.3, 0.4) is 0 Å².